The highest BCUT2D eigenvalue weighted by Gasteiger charge is 2.28. The molecule has 0 radical (unpaired) electrons. The van der Waals surface area contributed by atoms with Crippen LogP contribution in [0, 0.1) is 12.7 Å². The zero-order valence-corrected chi connectivity index (χ0v) is 16.2. The van der Waals surface area contributed by atoms with Crippen LogP contribution >= 0.6 is 0 Å². The van der Waals surface area contributed by atoms with Gasteiger partial charge in [0.15, 0.2) is 5.69 Å². The smallest absolute Gasteiger partial charge is 0.274 e. The summed E-state index contributed by atoms with van der Waals surface area (Å²) in [5, 5.41) is 4.21. The van der Waals surface area contributed by atoms with Crippen molar-refractivity contribution in [3.63, 3.8) is 0 Å². The third kappa shape index (κ3) is 4.54. The SMILES string of the molecule is Cc1cc(C(=O)N2CCCN(S(=O)(=O)Cc3ccc(F)cc3)CC2)nn1C. The van der Waals surface area contributed by atoms with Crippen LogP contribution in [0.15, 0.2) is 30.3 Å². The Morgan fingerprint density at radius 3 is 2.48 bits per heavy atom. The number of rotatable bonds is 4. The maximum absolute atomic E-state index is 13.0. The van der Waals surface area contributed by atoms with Crippen molar-refractivity contribution in [1.29, 1.82) is 0 Å². The summed E-state index contributed by atoms with van der Waals surface area (Å²) in [6.07, 6.45) is 0.556. The number of carbonyl (C=O) groups is 1. The number of halogens is 1. The topological polar surface area (TPSA) is 75.5 Å². The third-order valence-corrected chi connectivity index (χ3v) is 6.58. The van der Waals surface area contributed by atoms with Gasteiger partial charge >= 0.3 is 0 Å². The minimum Gasteiger partial charge on any atom is -0.336 e. The molecule has 0 atom stereocenters. The summed E-state index contributed by atoms with van der Waals surface area (Å²) in [4.78, 5) is 14.3. The number of benzene rings is 1. The van der Waals surface area contributed by atoms with Gasteiger partial charge in [0, 0.05) is 38.9 Å². The molecular weight excluding hydrogens is 371 g/mol. The number of carbonyl (C=O) groups excluding carboxylic acids is 1. The van der Waals surface area contributed by atoms with Crippen molar-refractivity contribution in [2.45, 2.75) is 19.1 Å². The average molecular weight is 394 g/mol. The van der Waals surface area contributed by atoms with Crippen molar-refractivity contribution in [2.24, 2.45) is 7.05 Å². The molecule has 146 valence electrons. The Labute approximate surface area is 158 Å². The van der Waals surface area contributed by atoms with Crippen LogP contribution in [0.25, 0.3) is 0 Å². The van der Waals surface area contributed by atoms with Gasteiger partial charge in [-0.3, -0.25) is 9.48 Å². The van der Waals surface area contributed by atoms with Crippen LogP contribution in [0.5, 0.6) is 0 Å². The summed E-state index contributed by atoms with van der Waals surface area (Å²) < 4.78 is 41.5. The molecule has 1 fully saturated rings. The molecule has 2 heterocycles. The van der Waals surface area contributed by atoms with E-state index in [0.717, 1.165) is 5.69 Å². The van der Waals surface area contributed by atoms with Crippen molar-refractivity contribution >= 4 is 15.9 Å². The van der Waals surface area contributed by atoms with Crippen LogP contribution in [0.2, 0.25) is 0 Å². The molecule has 1 aliphatic rings. The number of aromatic nitrogens is 2. The lowest BCUT2D eigenvalue weighted by Gasteiger charge is -2.21. The molecule has 0 aliphatic carbocycles. The molecule has 0 bridgehead atoms. The monoisotopic (exact) mass is 394 g/mol. The van der Waals surface area contributed by atoms with Gasteiger partial charge in [-0.15, -0.1) is 0 Å². The van der Waals surface area contributed by atoms with Gasteiger partial charge in [-0.05, 0) is 37.1 Å². The lowest BCUT2D eigenvalue weighted by Crippen LogP contribution is -2.38. The first-order valence-corrected chi connectivity index (χ1v) is 10.4. The van der Waals surface area contributed by atoms with Gasteiger partial charge in [-0.1, -0.05) is 12.1 Å². The van der Waals surface area contributed by atoms with Gasteiger partial charge in [0.2, 0.25) is 10.0 Å². The summed E-state index contributed by atoms with van der Waals surface area (Å²) in [6.45, 7) is 3.26. The quantitative estimate of drug-likeness (QED) is 0.788. The van der Waals surface area contributed by atoms with E-state index in [4.69, 9.17) is 0 Å². The first-order valence-electron chi connectivity index (χ1n) is 8.78. The van der Waals surface area contributed by atoms with Crippen LogP contribution < -0.4 is 0 Å². The zero-order valence-electron chi connectivity index (χ0n) is 15.4. The fourth-order valence-electron chi connectivity index (χ4n) is 3.08. The van der Waals surface area contributed by atoms with E-state index in [9.17, 15) is 17.6 Å². The molecule has 1 aromatic carbocycles. The van der Waals surface area contributed by atoms with Gasteiger partial charge < -0.3 is 4.90 Å². The molecule has 0 saturated carbocycles. The van der Waals surface area contributed by atoms with Gasteiger partial charge in [0.1, 0.15) is 5.82 Å². The van der Waals surface area contributed by atoms with E-state index in [2.05, 4.69) is 5.10 Å². The van der Waals surface area contributed by atoms with Crippen molar-refractivity contribution in [2.75, 3.05) is 26.2 Å². The Bertz CT molecular complexity index is 905. The molecule has 3 rings (SSSR count). The number of hydrogen-bond acceptors (Lipinski definition) is 4. The highest BCUT2D eigenvalue weighted by atomic mass is 32.2. The predicted molar refractivity (Wildman–Crippen MR) is 99.1 cm³/mol. The van der Waals surface area contributed by atoms with E-state index >= 15 is 0 Å². The van der Waals surface area contributed by atoms with Crippen LogP contribution in [0.1, 0.15) is 28.2 Å². The summed E-state index contributed by atoms with van der Waals surface area (Å²) in [6, 6.07) is 7.19. The zero-order chi connectivity index (χ0) is 19.6. The molecule has 0 unspecified atom stereocenters. The largest absolute Gasteiger partial charge is 0.336 e. The van der Waals surface area contributed by atoms with Gasteiger partial charge in [0.05, 0.1) is 5.75 Å². The number of aryl methyl sites for hydroxylation is 2. The van der Waals surface area contributed by atoms with Crippen molar-refractivity contribution in [3.8, 4) is 0 Å². The van der Waals surface area contributed by atoms with Gasteiger partial charge in [-0.2, -0.15) is 9.40 Å². The molecular formula is C18H23FN4O3S. The highest BCUT2D eigenvalue weighted by molar-refractivity contribution is 7.88. The fraction of sp³-hybridized carbons (Fsp3) is 0.444. The first kappa shape index (κ1) is 19.5. The maximum atomic E-state index is 13.0. The molecule has 1 aromatic heterocycles. The summed E-state index contributed by atoms with van der Waals surface area (Å²) in [5.41, 5.74) is 1.80. The molecule has 0 N–H and O–H groups in total. The van der Waals surface area contributed by atoms with E-state index in [1.54, 1.807) is 22.7 Å². The molecule has 27 heavy (non-hydrogen) atoms. The number of nitrogens with zero attached hydrogens (tertiary/aromatic N) is 4. The normalized spacial score (nSPS) is 16.3. The highest BCUT2D eigenvalue weighted by Crippen LogP contribution is 2.16. The molecule has 1 saturated heterocycles. The summed E-state index contributed by atoms with van der Waals surface area (Å²) in [7, 11) is -1.76. The average Bonchev–Trinajstić information content (AvgIpc) is 2.83. The molecule has 1 amide bonds. The maximum Gasteiger partial charge on any atom is 0.274 e. The van der Waals surface area contributed by atoms with Gasteiger partial charge in [-0.25, -0.2) is 12.8 Å². The predicted octanol–water partition coefficient (Wildman–Crippen LogP) is 1.55. The molecule has 1 aliphatic heterocycles. The number of amides is 1. The first-order chi connectivity index (χ1) is 12.8. The van der Waals surface area contributed by atoms with E-state index in [1.807, 2.05) is 6.92 Å². The van der Waals surface area contributed by atoms with E-state index in [0.29, 0.717) is 37.3 Å². The minimum absolute atomic E-state index is 0.180. The number of sulfonamides is 1. The minimum atomic E-state index is -3.54. The Balaban J connectivity index is 1.66. The summed E-state index contributed by atoms with van der Waals surface area (Å²) in [5.74, 6) is -0.762. The second kappa shape index (κ2) is 7.77. The lowest BCUT2D eigenvalue weighted by molar-refractivity contribution is 0.0757. The summed E-state index contributed by atoms with van der Waals surface area (Å²) >= 11 is 0. The fourth-order valence-corrected chi connectivity index (χ4v) is 4.65. The Morgan fingerprint density at radius 2 is 1.85 bits per heavy atom. The van der Waals surface area contributed by atoms with Crippen LogP contribution in [0.4, 0.5) is 4.39 Å². The molecule has 0 spiro atoms. The van der Waals surface area contributed by atoms with Crippen LogP contribution in [0.3, 0.4) is 0 Å². The molecule has 9 heteroatoms. The standard InChI is InChI=1S/C18H23FN4O3S/c1-14-12-17(20-21(14)2)18(24)22-8-3-9-23(11-10-22)27(25,26)13-15-4-6-16(19)7-5-15/h4-7,12H,3,8-11,13H2,1-2H3. The van der Waals surface area contributed by atoms with E-state index < -0.39 is 15.8 Å². The van der Waals surface area contributed by atoms with Crippen molar-refractivity contribution < 1.29 is 17.6 Å². The molecule has 7 nitrogen and oxygen atoms in total. The Hall–Kier alpha value is -2.26. The number of hydrogen-bond donors (Lipinski definition) is 0. The van der Waals surface area contributed by atoms with Crippen molar-refractivity contribution in [3.05, 3.63) is 53.1 Å². The Kier molecular flexibility index (Phi) is 5.61. The van der Waals surface area contributed by atoms with E-state index in [-0.39, 0.29) is 18.2 Å². The van der Waals surface area contributed by atoms with Crippen LogP contribution in [-0.4, -0.2) is 59.5 Å². The lowest BCUT2D eigenvalue weighted by atomic mass is 10.2. The second-order valence-electron chi connectivity index (χ2n) is 6.72. The third-order valence-electron chi connectivity index (χ3n) is 4.73. The van der Waals surface area contributed by atoms with Crippen LogP contribution in [-0.2, 0) is 22.8 Å². The van der Waals surface area contributed by atoms with Gasteiger partial charge in [0.25, 0.3) is 5.91 Å². The van der Waals surface area contributed by atoms with Crippen molar-refractivity contribution in [1.82, 2.24) is 19.0 Å². The second-order valence-corrected chi connectivity index (χ2v) is 8.69. The Morgan fingerprint density at radius 1 is 1.15 bits per heavy atom. The molecule has 2 aromatic rings. The van der Waals surface area contributed by atoms with E-state index in [1.165, 1.54) is 28.6 Å².